The van der Waals surface area contributed by atoms with Gasteiger partial charge in [-0.1, -0.05) is 6.92 Å². The number of halogens is 1. The van der Waals surface area contributed by atoms with Crippen LogP contribution in [0.2, 0.25) is 0 Å². The summed E-state index contributed by atoms with van der Waals surface area (Å²) in [4.78, 5) is 18.6. The van der Waals surface area contributed by atoms with Crippen LogP contribution < -0.4 is 16.0 Å². The van der Waals surface area contributed by atoms with Crippen LogP contribution in [-0.2, 0) is 4.79 Å². The van der Waals surface area contributed by atoms with E-state index in [1.54, 1.807) is 7.05 Å². The van der Waals surface area contributed by atoms with E-state index in [1.807, 2.05) is 0 Å². The van der Waals surface area contributed by atoms with E-state index in [4.69, 9.17) is 0 Å². The molecule has 1 aromatic rings. The number of hydrogen-bond donors (Lipinski definition) is 3. The first-order valence-electron chi connectivity index (χ1n) is 8.85. The SMILES string of the molecule is CCCN1CCC(NC(=NC)NCC(=O)Nc2ccc(F)cc2)CC1. The Morgan fingerprint density at radius 2 is 1.96 bits per heavy atom. The van der Waals surface area contributed by atoms with Crippen LogP contribution in [0.1, 0.15) is 26.2 Å². The second-order valence-electron chi connectivity index (χ2n) is 6.24. The number of hydrogen-bond acceptors (Lipinski definition) is 3. The van der Waals surface area contributed by atoms with Crippen molar-refractivity contribution in [1.82, 2.24) is 15.5 Å². The fourth-order valence-corrected chi connectivity index (χ4v) is 2.91. The number of anilines is 1. The van der Waals surface area contributed by atoms with E-state index in [1.165, 1.54) is 30.7 Å². The van der Waals surface area contributed by atoms with Crippen molar-refractivity contribution in [3.8, 4) is 0 Å². The molecule has 1 heterocycles. The monoisotopic (exact) mass is 349 g/mol. The molecule has 7 heteroatoms. The normalized spacial score (nSPS) is 16.5. The van der Waals surface area contributed by atoms with E-state index in [2.05, 4.69) is 32.8 Å². The Bertz CT molecular complexity index is 567. The molecule has 0 unspecified atom stereocenters. The molecule has 2 rings (SSSR count). The number of carbonyl (C=O) groups is 1. The molecule has 0 spiro atoms. The third-order valence-corrected chi connectivity index (χ3v) is 4.24. The van der Waals surface area contributed by atoms with Crippen LogP contribution in [-0.4, -0.2) is 56.0 Å². The Morgan fingerprint density at radius 1 is 1.28 bits per heavy atom. The number of guanidine groups is 1. The Morgan fingerprint density at radius 3 is 2.56 bits per heavy atom. The summed E-state index contributed by atoms with van der Waals surface area (Å²) in [7, 11) is 1.69. The van der Waals surface area contributed by atoms with E-state index in [0.29, 0.717) is 17.7 Å². The highest BCUT2D eigenvalue weighted by Crippen LogP contribution is 2.10. The lowest BCUT2D eigenvalue weighted by Crippen LogP contribution is -2.49. The van der Waals surface area contributed by atoms with Crippen LogP contribution in [0.5, 0.6) is 0 Å². The fraction of sp³-hybridized carbons (Fsp3) is 0.556. The van der Waals surface area contributed by atoms with Crippen LogP contribution in [0.4, 0.5) is 10.1 Å². The van der Waals surface area contributed by atoms with Gasteiger partial charge in [-0.15, -0.1) is 0 Å². The zero-order chi connectivity index (χ0) is 18.1. The van der Waals surface area contributed by atoms with Gasteiger partial charge in [-0.05, 0) is 50.1 Å². The van der Waals surface area contributed by atoms with Crippen LogP contribution in [0.3, 0.4) is 0 Å². The van der Waals surface area contributed by atoms with E-state index < -0.39 is 0 Å². The summed E-state index contributed by atoms with van der Waals surface area (Å²) in [6.45, 7) is 5.64. The number of piperidine rings is 1. The summed E-state index contributed by atoms with van der Waals surface area (Å²) in [6, 6.07) is 6.07. The molecule has 25 heavy (non-hydrogen) atoms. The van der Waals surface area contributed by atoms with Crippen LogP contribution in [0.25, 0.3) is 0 Å². The van der Waals surface area contributed by atoms with Gasteiger partial charge in [0.2, 0.25) is 5.91 Å². The summed E-state index contributed by atoms with van der Waals surface area (Å²) >= 11 is 0. The maximum atomic E-state index is 12.9. The van der Waals surface area contributed by atoms with Crippen LogP contribution in [0.15, 0.2) is 29.3 Å². The number of carbonyl (C=O) groups excluding carboxylic acids is 1. The lowest BCUT2D eigenvalue weighted by molar-refractivity contribution is -0.115. The molecule has 0 radical (unpaired) electrons. The molecular weight excluding hydrogens is 321 g/mol. The van der Waals surface area contributed by atoms with Gasteiger partial charge in [0.05, 0.1) is 6.54 Å². The quantitative estimate of drug-likeness (QED) is 0.541. The number of aliphatic imine (C=N–C) groups is 1. The Balaban J connectivity index is 1.71. The predicted octanol–water partition coefficient (Wildman–Crippen LogP) is 1.80. The van der Waals surface area contributed by atoms with Gasteiger partial charge in [-0.2, -0.15) is 0 Å². The molecule has 6 nitrogen and oxygen atoms in total. The number of rotatable bonds is 6. The lowest BCUT2D eigenvalue weighted by Gasteiger charge is -2.32. The first-order valence-corrected chi connectivity index (χ1v) is 8.85. The van der Waals surface area contributed by atoms with Gasteiger partial charge in [0.15, 0.2) is 5.96 Å². The topological polar surface area (TPSA) is 68.8 Å². The summed E-state index contributed by atoms with van der Waals surface area (Å²) in [5, 5.41) is 9.12. The molecular formula is C18H28FN5O. The average molecular weight is 349 g/mol. The molecule has 138 valence electrons. The van der Waals surface area contributed by atoms with Crippen molar-refractivity contribution in [2.45, 2.75) is 32.2 Å². The number of nitrogens with one attached hydrogen (secondary N) is 3. The smallest absolute Gasteiger partial charge is 0.243 e. The van der Waals surface area contributed by atoms with Crippen molar-refractivity contribution < 1.29 is 9.18 Å². The van der Waals surface area contributed by atoms with E-state index in [-0.39, 0.29) is 18.3 Å². The highest BCUT2D eigenvalue weighted by Gasteiger charge is 2.19. The number of amides is 1. The van der Waals surface area contributed by atoms with Crippen molar-refractivity contribution in [3.05, 3.63) is 30.1 Å². The number of nitrogens with zero attached hydrogens (tertiary/aromatic N) is 2. The molecule has 0 aliphatic carbocycles. The molecule has 3 N–H and O–H groups in total. The third kappa shape index (κ3) is 6.70. The van der Waals surface area contributed by atoms with Crippen LogP contribution in [0, 0.1) is 5.82 Å². The van der Waals surface area contributed by atoms with Crippen LogP contribution >= 0.6 is 0 Å². The van der Waals surface area contributed by atoms with E-state index in [0.717, 1.165) is 32.5 Å². The predicted molar refractivity (Wildman–Crippen MR) is 99.3 cm³/mol. The molecule has 1 aliphatic heterocycles. The van der Waals surface area contributed by atoms with E-state index >= 15 is 0 Å². The van der Waals surface area contributed by atoms with Gasteiger partial charge >= 0.3 is 0 Å². The number of benzene rings is 1. The molecule has 1 fully saturated rings. The Hall–Kier alpha value is -2.15. The maximum Gasteiger partial charge on any atom is 0.243 e. The molecule has 0 aromatic heterocycles. The van der Waals surface area contributed by atoms with Gasteiger partial charge in [-0.3, -0.25) is 9.79 Å². The number of likely N-dealkylation sites (tertiary alicyclic amines) is 1. The summed E-state index contributed by atoms with van der Waals surface area (Å²) in [6.07, 6.45) is 3.33. The van der Waals surface area contributed by atoms with Gasteiger partial charge < -0.3 is 20.9 Å². The molecule has 1 amide bonds. The van der Waals surface area contributed by atoms with Gasteiger partial charge in [-0.25, -0.2) is 4.39 Å². The molecule has 0 atom stereocenters. The zero-order valence-corrected chi connectivity index (χ0v) is 15.0. The second kappa shape index (κ2) is 9.98. The van der Waals surface area contributed by atoms with Gasteiger partial charge in [0.25, 0.3) is 0 Å². The maximum absolute atomic E-state index is 12.9. The minimum atomic E-state index is -0.328. The van der Waals surface area contributed by atoms with Crippen molar-refractivity contribution in [2.75, 3.05) is 38.5 Å². The first-order chi connectivity index (χ1) is 12.1. The Kier molecular flexibility index (Phi) is 7.66. The molecule has 0 saturated carbocycles. The fourth-order valence-electron chi connectivity index (χ4n) is 2.91. The molecule has 1 aromatic carbocycles. The largest absolute Gasteiger partial charge is 0.354 e. The average Bonchev–Trinajstić information content (AvgIpc) is 2.62. The van der Waals surface area contributed by atoms with Crippen molar-refractivity contribution in [2.24, 2.45) is 4.99 Å². The lowest BCUT2D eigenvalue weighted by atomic mass is 10.1. The van der Waals surface area contributed by atoms with Gasteiger partial charge in [0.1, 0.15) is 5.82 Å². The Labute approximate surface area is 148 Å². The molecule has 0 bridgehead atoms. The molecule has 1 saturated heterocycles. The zero-order valence-electron chi connectivity index (χ0n) is 15.0. The minimum Gasteiger partial charge on any atom is -0.354 e. The van der Waals surface area contributed by atoms with Crippen molar-refractivity contribution >= 4 is 17.6 Å². The van der Waals surface area contributed by atoms with E-state index in [9.17, 15) is 9.18 Å². The third-order valence-electron chi connectivity index (χ3n) is 4.24. The summed E-state index contributed by atoms with van der Waals surface area (Å²) in [5.74, 6) is 0.0984. The molecule has 1 aliphatic rings. The second-order valence-corrected chi connectivity index (χ2v) is 6.24. The summed E-state index contributed by atoms with van der Waals surface area (Å²) < 4.78 is 12.9. The minimum absolute atomic E-state index is 0.103. The summed E-state index contributed by atoms with van der Waals surface area (Å²) in [5.41, 5.74) is 0.569. The highest BCUT2D eigenvalue weighted by molar-refractivity contribution is 5.94. The van der Waals surface area contributed by atoms with Gasteiger partial charge in [0, 0.05) is 31.9 Å². The standard InChI is InChI=1S/C18H28FN5O/c1-3-10-24-11-8-16(9-12-24)23-18(20-2)21-13-17(25)22-15-6-4-14(19)5-7-15/h4-7,16H,3,8-13H2,1-2H3,(H,22,25)(H2,20,21,23). The first kappa shape index (κ1) is 19.2. The van der Waals surface area contributed by atoms with Crippen molar-refractivity contribution in [3.63, 3.8) is 0 Å². The highest BCUT2D eigenvalue weighted by atomic mass is 19.1. The van der Waals surface area contributed by atoms with Crippen molar-refractivity contribution in [1.29, 1.82) is 0 Å².